The Morgan fingerprint density at radius 2 is 1.85 bits per heavy atom. The molecule has 1 amide bonds. The number of carboxylic acid groups (broad SMARTS) is 1. The van der Waals surface area contributed by atoms with Crippen LogP contribution in [0.25, 0.3) is 6.08 Å². The third-order valence-corrected chi connectivity index (χ3v) is 6.90. The van der Waals surface area contributed by atoms with Gasteiger partial charge in [-0.05, 0) is 52.9 Å². The van der Waals surface area contributed by atoms with E-state index in [-0.39, 0.29) is 27.5 Å². The molecule has 0 aliphatic rings. The van der Waals surface area contributed by atoms with Gasteiger partial charge in [0.05, 0.1) is 25.0 Å². The number of aromatic carboxylic acids is 1. The minimum absolute atomic E-state index is 0.00569. The fraction of sp³-hybridized carbons (Fsp3) is 0.111. The largest absolute Gasteiger partial charge is 0.493 e. The van der Waals surface area contributed by atoms with Crippen molar-refractivity contribution in [3.05, 3.63) is 94.9 Å². The summed E-state index contributed by atoms with van der Waals surface area (Å²) in [6.45, 7) is 0.269. The molecule has 0 spiro atoms. The van der Waals surface area contributed by atoms with Crippen molar-refractivity contribution in [2.24, 2.45) is 0 Å². The summed E-state index contributed by atoms with van der Waals surface area (Å²) in [7, 11) is 1.49. The average molecular weight is 599 g/mol. The van der Waals surface area contributed by atoms with Crippen molar-refractivity contribution in [1.82, 2.24) is 5.16 Å². The van der Waals surface area contributed by atoms with Crippen molar-refractivity contribution < 1.29 is 42.6 Å². The first-order chi connectivity index (χ1) is 19.9. The predicted molar refractivity (Wildman–Crippen MR) is 151 cm³/mol. The summed E-state index contributed by atoms with van der Waals surface area (Å²) in [6, 6.07) is 20.1. The first kappa shape index (κ1) is 29.3. The van der Waals surface area contributed by atoms with Crippen molar-refractivity contribution >= 4 is 47.4 Å². The molecule has 0 bridgehead atoms. The lowest BCUT2D eigenvalue weighted by Gasteiger charge is -2.11. The molecule has 4 aromatic rings. The van der Waals surface area contributed by atoms with Crippen LogP contribution in [0.3, 0.4) is 0 Å². The molecular weight excluding hydrogens is 574 g/mol. The number of hydrogen-bond donors (Lipinski definition) is 3. The average Bonchev–Trinajstić information content (AvgIpc) is 3.33. The van der Waals surface area contributed by atoms with Crippen molar-refractivity contribution in [2.45, 2.75) is 10.1 Å². The van der Waals surface area contributed by atoms with E-state index in [9.17, 15) is 19.6 Å². The number of carbonyl (C=O) groups is 2. The summed E-state index contributed by atoms with van der Waals surface area (Å²) >= 11 is 1.99. The molecule has 0 radical (unpaired) electrons. The minimum Gasteiger partial charge on any atom is -0.493 e. The second-order valence-electron chi connectivity index (χ2n) is 7.91. The van der Waals surface area contributed by atoms with E-state index in [4.69, 9.17) is 23.3 Å². The van der Waals surface area contributed by atoms with Crippen LogP contribution in [0.2, 0.25) is 0 Å². The van der Waals surface area contributed by atoms with Crippen molar-refractivity contribution in [2.75, 3.05) is 24.8 Å². The summed E-state index contributed by atoms with van der Waals surface area (Å²) in [6.07, 6.45) is 2.86. The summed E-state index contributed by atoms with van der Waals surface area (Å²) < 4.78 is 21.4. The highest BCUT2D eigenvalue weighted by Gasteiger charge is 2.23. The van der Waals surface area contributed by atoms with E-state index >= 15 is 0 Å². The number of nitrogens with one attached hydrogen (secondary N) is 2. The Balaban J connectivity index is 1.27. The molecule has 12 nitrogen and oxygen atoms in total. The second kappa shape index (κ2) is 14.6. The van der Waals surface area contributed by atoms with Crippen LogP contribution in [-0.2, 0) is 9.13 Å². The number of para-hydroxylation sites is 2. The lowest BCUT2D eigenvalue weighted by Crippen LogP contribution is -2.12. The van der Waals surface area contributed by atoms with Gasteiger partial charge >= 0.3 is 11.0 Å². The lowest BCUT2D eigenvalue weighted by atomic mass is 10.1. The smallest absolute Gasteiger partial charge is 0.343 e. The second-order valence-corrected chi connectivity index (χ2v) is 9.71. The van der Waals surface area contributed by atoms with E-state index in [1.54, 1.807) is 60.7 Å². The number of anilines is 1. The van der Waals surface area contributed by atoms with Crippen LogP contribution in [0.15, 0.2) is 93.6 Å². The van der Waals surface area contributed by atoms with E-state index in [1.807, 2.05) is 6.07 Å². The van der Waals surface area contributed by atoms with Crippen LogP contribution in [0, 0.1) is 4.91 Å². The molecule has 0 unspecified atom stereocenters. The van der Waals surface area contributed by atoms with Gasteiger partial charge in [0.1, 0.15) is 12.0 Å². The highest BCUT2D eigenvalue weighted by atomic mass is 32.2. The fourth-order valence-electron chi connectivity index (χ4n) is 3.30. The Bertz CT molecular complexity index is 1570. The molecule has 14 heteroatoms. The first-order valence-electron chi connectivity index (χ1n) is 11.9. The monoisotopic (exact) mass is 598 g/mol. The number of benzene rings is 3. The summed E-state index contributed by atoms with van der Waals surface area (Å²) in [4.78, 5) is 40.7. The molecule has 0 atom stereocenters. The normalized spacial score (nSPS) is 10.9. The first-order valence-corrected chi connectivity index (χ1v) is 13.6. The van der Waals surface area contributed by atoms with Crippen LogP contribution in [0.1, 0.15) is 15.9 Å². The van der Waals surface area contributed by atoms with Gasteiger partial charge in [-0.25, -0.2) is 4.79 Å². The number of ether oxygens (including phenoxy) is 2. The number of amides is 1. The Labute approximate surface area is 241 Å². The Morgan fingerprint density at radius 3 is 2.63 bits per heavy atom. The number of nitrogens with zero attached hydrogens (tertiary/aromatic N) is 1. The molecule has 0 fully saturated rings. The number of H-pyrrole nitrogens is 1. The van der Waals surface area contributed by atoms with Gasteiger partial charge in [-0.3, -0.25) is 4.79 Å². The van der Waals surface area contributed by atoms with E-state index in [1.165, 1.54) is 37.1 Å². The molecule has 0 aliphatic heterocycles. The maximum atomic E-state index is 12.3. The van der Waals surface area contributed by atoms with Crippen LogP contribution in [0.4, 0.5) is 5.69 Å². The van der Waals surface area contributed by atoms with Crippen LogP contribution in [-0.4, -0.2) is 41.6 Å². The topological polar surface area (TPSA) is 155 Å². The molecule has 1 aromatic heterocycles. The quantitative estimate of drug-likeness (QED) is 0.0445. The Kier molecular flexibility index (Phi) is 10.5. The zero-order chi connectivity index (χ0) is 29.0. The Hall–Kier alpha value is -4.66. The van der Waals surface area contributed by atoms with Gasteiger partial charge in [-0.2, -0.15) is 0 Å². The number of rotatable bonds is 14. The highest BCUT2D eigenvalue weighted by molar-refractivity contribution is 8.00. The van der Waals surface area contributed by atoms with E-state index in [0.717, 1.165) is 0 Å². The highest BCUT2D eigenvalue weighted by Crippen LogP contribution is 2.30. The van der Waals surface area contributed by atoms with Crippen molar-refractivity contribution in [3.8, 4) is 17.2 Å². The molecule has 0 saturated heterocycles. The zero-order valence-corrected chi connectivity index (χ0v) is 23.1. The van der Waals surface area contributed by atoms with Gasteiger partial charge in [0, 0.05) is 11.8 Å². The van der Waals surface area contributed by atoms with Gasteiger partial charge in [0.15, 0.2) is 21.8 Å². The minimum atomic E-state index is -1.14. The number of thioether (sulfide) groups is 1. The number of carboxylic acids is 1. The van der Waals surface area contributed by atoms with Gasteiger partial charge in [-0.15, -0.1) is 4.33 Å². The predicted octanol–water partition coefficient (Wildman–Crippen LogP) is 5.07. The third-order valence-electron chi connectivity index (χ3n) is 5.19. The van der Waals surface area contributed by atoms with Gasteiger partial charge in [0.25, 0.3) is 5.03 Å². The maximum absolute atomic E-state index is 12.3. The van der Waals surface area contributed by atoms with Crippen LogP contribution < -0.4 is 24.3 Å². The molecular formula is C27H24N3O9S2+. The number of hydrogen-bond acceptors (Lipinski definition) is 10. The van der Waals surface area contributed by atoms with Gasteiger partial charge < -0.3 is 24.8 Å². The summed E-state index contributed by atoms with van der Waals surface area (Å²) in [5.74, 6) is 0.236. The maximum Gasteiger partial charge on any atom is 0.343 e. The summed E-state index contributed by atoms with van der Waals surface area (Å²) in [5.41, 5.74) is 0.858. The molecule has 0 saturated carbocycles. The van der Waals surface area contributed by atoms with Gasteiger partial charge in [-0.1, -0.05) is 57.9 Å². The summed E-state index contributed by atoms with van der Waals surface area (Å²) in [5, 5.41) is 14.9. The van der Waals surface area contributed by atoms with E-state index in [2.05, 4.69) is 10.5 Å². The van der Waals surface area contributed by atoms with E-state index in [0.29, 0.717) is 45.6 Å². The van der Waals surface area contributed by atoms with Gasteiger partial charge in [0.2, 0.25) is 5.91 Å². The molecule has 3 N–H and O–H groups in total. The lowest BCUT2D eigenvalue weighted by molar-refractivity contribution is -0.744. The molecule has 41 heavy (non-hydrogen) atoms. The molecule has 1 heterocycles. The molecule has 4 rings (SSSR count). The zero-order valence-electron chi connectivity index (χ0n) is 21.5. The van der Waals surface area contributed by atoms with Crippen molar-refractivity contribution in [1.29, 1.82) is 0 Å². The van der Waals surface area contributed by atoms with Crippen LogP contribution >= 0.6 is 23.8 Å². The fourth-order valence-corrected chi connectivity index (χ4v) is 4.64. The number of methoxy groups -OCH3 is 1. The number of aromatic nitrogens is 2. The molecule has 3 aromatic carbocycles. The standard InChI is InChI=1S/C27H23N3O9S2/c1-35-23-17-18(12-14-24(31)28-21-10-6-5-9-20(21)27(32)33)11-13-22(23)36-15-16-40-25-26(30(34)38-29-25)41-39-37-19-7-3-2-4-8-19/h2-14,17H,15-16H2,1H3,(H2-,28,29,31,32,33,34)/p+1/b14-12+. The molecule has 212 valence electrons. The van der Waals surface area contributed by atoms with E-state index < -0.39 is 11.9 Å². The Morgan fingerprint density at radius 1 is 1.07 bits per heavy atom. The SMILES string of the molecule is COc1cc(/C=C/C(=O)Nc2ccccc2C(=O)O)ccc1OCCSc1[nH]o[n+](=O)c1SOOc1ccccc1. The van der Waals surface area contributed by atoms with Crippen LogP contribution in [0.5, 0.6) is 17.2 Å². The van der Waals surface area contributed by atoms with Crippen molar-refractivity contribution in [3.63, 3.8) is 0 Å². The number of carbonyl (C=O) groups excluding carboxylic acids is 1. The third kappa shape index (κ3) is 8.41. The molecule has 0 aliphatic carbocycles. The number of aromatic amines is 1.